The van der Waals surface area contributed by atoms with Crippen LogP contribution in [0.3, 0.4) is 0 Å². The number of methoxy groups -OCH3 is 1. The lowest BCUT2D eigenvalue weighted by atomic mass is 10.0. The van der Waals surface area contributed by atoms with Crippen molar-refractivity contribution in [3.8, 4) is 17.2 Å². The van der Waals surface area contributed by atoms with Gasteiger partial charge in [-0.2, -0.15) is 0 Å². The van der Waals surface area contributed by atoms with Crippen molar-refractivity contribution in [1.82, 2.24) is 24.8 Å². The number of hydrogen-bond acceptors (Lipinski definition) is 8. The number of nitrogens with one attached hydrogen (secondary N) is 1. The highest BCUT2D eigenvalue weighted by Gasteiger charge is 2.20. The number of nitrogens with zero attached hydrogens (tertiary/aromatic N) is 4. The van der Waals surface area contributed by atoms with Gasteiger partial charge in [0.1, 0.15) is 19.0 Å². The molecule has 10 heteroatoms. The molecule has 2 aliphatic rings. The number of halogens is 1. The lowest BCUT2D eigenvalue weighted by Crippen LogP contribution is -2.43. The van der Waals surface area contributed by atoms with Gasteiger partial charge < -0.3 is 29.0 Å². The zero-order chi connectivity index (χ0) is 22.6. The van der Waals surface area contributed by atoms with Crippen molar-refractivity contribution in [2.75, 3.05) is 40.0 Å². The Balaban J connectivity index is 0.00000274. The number of ether oxygens (including phenoxy) is 3. The predicted octanol–water partition coefficient (Wildman–Crippen LogP) is 2.25. The monoisotopic (exact) mass is 487 g/mol. The van der Waals surface area contributed by atoms with E-state index >= 15 is 0 Å². The van der Waals surface area contributed by atoms with E-state index in [1.54, 1.807) is 17.9 Å². The van der Waals surface area contributed by atoms with E-state index < -0.39 is 0 Å². The summed E-state index contributed by atoms with van der Waals surface area (Å²) in [7, 11) is 1.63. The number of pyridine rings is 1. The summed E-state index contributed by atoms with van der Waals surface area (Å²) in [6.45, 7) is 5.31. The Labute approximate surface area is 204 Å². The van der Waals surface area contributed by atoms with Gasteiger partial charge in [-0.25, -0.2) is 4.98 Å². The maximum absolute atomic E-state index is 12.5. The molecule has 2 aromatic heterocycles. The largest absolute Gasteiger partial charge is 0.497 e. The summed E-state index contributed by atoms with van der Waals surface area (Å²) in [6.07, 6.45) is 5.26. The van der Waals surface area contributed by atoms with Gasteiger partial charge in [-0.15, -0.1) is 12.4 Å². The highest BCUT2D eigenvalue weighted by Crippen LogP contribution is 2.29. The van der Waals surface area contributed by atoms with Crippen molar-refractivity contribution in [1.29, 1.82) is 0 Å². The molecule has 5 rings (SSSR count). The Bertz CT molecular complexity index is 1180. The molecule has 1 fully saturated rings. The molecular weight excluding hydrogens is 458 g/mol. The van der Waals surface area contributed by atoms with Gasteiger partial charge in [-0.05, 0) is 38.1 Å². The molecule has 0 unspecified atom stereocenters. The standard InChI is InChI=1S/C24H29N5O4.ClH/c1-31-19-2-3-20-21(13-19)29(24(30)16-27-20)9-8-28-6-4-17(5-7-28)25-14-18-12-22-23(15-26-18)33-11-10-32-22;/h2-3,12-13,15-17,25H,4-11,14H2,1H3;1H. The third-order valence-electron chi connectivity index (χ3n) is 6.34. The van der Waals surface area contributed by atoms with Crippen LogP contribution >= 0.6 is 12.4 Å². The second-order valence-electron chi connectivity index (χ2n) is 8.42. The summed E-state index contributed by atoms with van der Waals surface area (Å²) in [5, 5.41) is 3.62. The van der Waals surface area contributed by atoms with Crippen LogP contribution in [0.4, 0.5) is 0 Å². The molecule has 1 aromatic carbocycles. The van der Waals surface area contributed by atoms with Crippen LogP contribution in [-0.4, -0.2) is 65.4 Å². The number of fused-ring (bicyclic) bond motifs is 2. The minimum Gasteiger partial charge on any atom is -0.497 e. The van der Waals surface area contributed by atoms with E-state index in [1.165, 1.54) is 6.20 Å². The van der Waals surface area contributed by atoms with Gasteiger partial charge >= 0.3 is 0 Å². The van der Waals surface area contributed by atoms with Crippen molar-refractivity contribution in [2.45, 2.75) is 32.0 Å². The molecule has 2 aliphatic heterocycles. The average molecular weight is 488 g/mol. The third kappa shape index (κ3) is 5.43. The second-order valence-corrected chi connectivity index (χ2v) is 8.42. The normalized spacial score (nSPS) is 16.3. The number of likely N-dealkylation sites (tertiary alicyclic amines) is 1. The van der Waals surface area contributed by atoms with Crippen LogP contribution in [0.2, 0.25) is 0 Å². The van der Waals surface area contributed by atoms with Crippen LogP contribution in [-0.2, 0) is 13.1 Å². The lowest BCUT2D eigenvalue weighted by Gasteiger charge is -2.32. The maximum atomic E-state index is 12.5. The highest BCUT2D eigenvalue weighted by atomic mass is 35.5. The Morgan fingerprint density at radius 3 is 2.65 bits per heavy atom. The van der Waals surface area contributed by atoms with Gasteiger partial charge in [0.05, 0.1) is 36.2 Å². The fraction of sp³-hybridized carbons (Fsp3) is 0.458. The zero-order valence-electron chi connectivity index (χ0n) is 19.2. The van der Waals surface area contributed by atoms with Gasteiger partial charge in [0, 0.05) is 37.8 Å². The van der Waals surface area contributed by atoms with E-state index in [0.717, 1.165) is 66.5 Å². The molecule has 0 radical (unpaired) electrons. The number of piperidine rings is 1. The van der Waals surface area contributed by atoms with E-state index in [0.29, 0.717) is 32.3 Å². The van der Waals surface area contributed by atoms with Crippen LogP contribution in [0, 0.1) is 0 Å². The maximum Gasteiger partial charge on any atom is 0.269 e. The molecule has 0 amide bonds. The number of rotatable bonds is 7. The molecule has 0 bridgehead atoms. The number of benzene rings is 1. The molecule has 4 heterocycles. The Hall–Kier alpha value is -2.88. The Morgan fingerprint density at radius 2 is 1.85 bits per heavy atom. The smallest absolute Gasteiger partial charge is 0.269 e. The van der Waals surface area contributed by atoms with Crippen molar-refractivity contribution >= 4 is 23.4 Å². The van der Waals surface area contributed by atoms with Crippen LogP contribution in [0.15, 0.2) is 41.5 Å². The van der Waals surface area contributed by atoms with E-state index in [2.05, 4.69) is 20.2 Å². The number of aromatic nitrogens is 3. The van der Waals surface area contributed by atoms with E-state index in [1.807, 2.05) is 24.3 Å². The molecule has 9 nitrogen and oxygen atoms in total. The minimum absolute atomic E-state index is 0. The zero-order valence-corrected chi connectivity index (χ0v) is 20.1. The first kappa shape index (κ1) is 24.3. The lowest BCUT2D eigenvalue weighted by molar-refractivity contribution is 0.170. The fourth-order valence-electron chi connectivity index (χ4n) is 4.44. The molecular formula is C24H30ClN5O4. The van der Waals surface area contributed by atoms with Gasteiger partial charge in [0.2, 0.25) is 0 Å². The van der Waals surface area contributed by atoms with Crippen molar-refractivity contribution in [2.24, 2.45) is 0 Å². The highest BCUT2D eigenvalue weighted by molar-refractivity contribution is 5.85. The summed E-state index contributed by atoms with van der Waals surface area (Å²) in [6, 6.07) is 8.04. The quantitative estimate of drug-likeness (QED) is 0.542. The second kappa shape index (κ2) is 11.0. The third-order valence-corrected chi connectivity index (χ3v) is 6.34. The van der Waals surface area contributed by atoms with Gasteiger partial charge in [-0.3, -0.25) is 9.78 Å². The van der Waals surface area contributed by atoms with Crippen LogP contribution in [0.1, 0.15) is 18.5 Å². The van der Waals surface area contributed by atoms with Crippen LogP contribution in [0.5, 0.6) is 17.2 Å². The molecule has 3 aromatic rings. The van der Waals surface area contributed by atoms with Gasteiger partial charge in [-0.1, -0.05) is 0 Å². The van der Waals surface area contributed by atoms with E-state index in [4.69, 9.17) is 14.2 Å². The summed E-state index contributed by atoms with van der Waals surface area (Å²) >= 11 is 0. The summed E-state index contributed by atoms with van der Waals surface area (Å²) in [5.74, 6) is 2.22. The SMILES string of the molecule is COc1ccc2ncc(=O)n(CCN3CCC(NCc4cc5c(cn4)OCCO5)CC3)c2c1.Cl. The average Bonchev–Trinajstić information content (AvgIpc) is 2.87. The molecule has 0 atom stereocenters. The van der Waals surface area contributed by atoms with Crippen LogP contribution < -0.4 is 25.1 Å². The van der Waals surface area contributed by atoms with Crippen molar-refractivity contribution < 1.29 is 14.2 Å². The molecule has 0 spiro atoms. The van der Waals surface area contributed by atoms with Crippen molar-refractivity contribution in [3.63, 3.8) is 0 Å². The van der Waals surface area contributed by atoms with Gasteiger partial charge in [0.15, 0.2) is 11.5 Å². The summed E-state index contributed by atoms with van der Waals surface area (Å²) in [5.41, 5.74) is 2.48. The number of hydrogen-bond donors (Lipinski definition) is 1. The fourth-order valence-corrected chi connectivity index (χ4v) is 4.44. The molecule has 1 saturated heterocycles. The van der Waals surface area contributed by atoms with E-state index in [9.17, 15) is 4.79 Å². The first-order valence-electron chi connectivity index (χ1n) is 11.4. The molecule has 34 heavy (non-hydrogen) atoms. The molecule has 1 N–H and O–H groups in total. The summed E-state index contributed by atoms with van der Waals surface area (Å²) < 4.78 is 18.3. The Morgan fingerprint density at radius 1 is 1.06 bits per heavy atom. The van der Waals surface area contributed by atoms with Crippen LogP contribution in [0.25, 0.3) is 11.0 Å². The Kier molecular flexibility index (Phi) is 7.87. The first-order valence-corrected chi connectivity index (χ1v) is 11.4. The molecule has 0 aliphatic carbocycles. The minimum atomic E-state index is -0.0840. The van der Waals surface area contributed by atoms with E-state index in [-0.39, 0.29) is 18.0 Å². The topological polar surface area (TPSA) is 90.7 Å². The van der Waals surface area contributed by atoms with Crippen molar-refractivity contribution in [3.05, 3.63) is 52.7 Å². The predicted molar refractivity (Wildman–Crippen MR) is 131 cm³/mol. The molecule has 0 saturated carbocycles. The molecule has 182 valence electrons. The first-order chi connectivity index (χ1) is 16.2. The summed E-state index contributed by atoms with van der Waals surface area (Å²) in [4.78, 5) is 23.6. The van der Waals surface area contributed by atoms with Gasteiger partial charge in [0.25, 0.3) is 5.56 Å².